The maximum absolute atomic E-state index is 12.4. The van der Waals surface area contributed by atoms with Gasteiger partial charge < -0.3 is 14.0 Å². The van der Waals surface area contributed by atoms with Gasteiger partial charge in [0.15, 0.2) is 16.3 Å². The minimum atomic E-state index is -0.133. The molecule has 0 atom stereocenters. The Bertz CT molecular complexity index is 1150. The number of rotatable bonds is 6. The predicted octanol–water partition coefficient (Wildman–Crippen LogP) is 4.37. The second kappa shape index (κ2) is 8.76. The molecule has 0 unspecified atom stereocenters. The van der Waals surface area contributed by atoms with Gasteiger partial charge in [-0.1, -0.05) is 35.0 Å². The van der Waals surface area contributed by atoms with E-state index in [1.807, 2.05) is 16.7 Å². The normalized spacial score (nSPS) is 13.0. The van der Waals surface area contributed by atoms with Crippen LogP contribution in [0.2, 0.25) is 0 Å². The molecule has 0 saturated heterocycles. The summed E-state index contributed by atoms with van der Waals surface area (Å²) in [6.45, 7) is 2.63. The highest BCUT2D eigenvalue weighted by molar-refractivity contribution is 7.99. The molecule has 2 aromatic carbocycles. The second-order valence-corrected chi connectivity index (χ2v) is 8.80. The number of carbonyl (C=O) groups is 1. The van der Waals surface area contributed by atoms with Crippen molar-refractivity contribution in [1.82, 2.24) is 4.57 Å². The molecule has 1 aromatic heterocycles. The monoisotopic (exact) mass is 424 g/mol. The van der Waals surface area contributed by atoms with E-state index < -0.39 is 0 Å². The highest BCUT2D eigenvalue weighted by atomic mass is 32.2. The second-order valence-electron chi connectivity index (χ2n) is 6.62. The van der Waals surface area contributed by atoms with Crippen LogP contribution in [-0.2, 0) is 11.3 Å². The van der Waals surface area contributed by atoms with Crippen LogP contribution in [0.4, 0.5) is 0 Å². The largest absolute Gasteiger partial charge is 0.454 e. The number of aryl methyl sites for hydroxylation is 1. The number of thiazole rings is 1. The van der Waals surface area contributed by atoms with Crippen LogP contribution in [0.5, 0.6) is 11.5 Å². The van der Waals surface area contributed by atoms with Crippen molar-refractivity contribution in [2.24, 2.45) is 4.99 Å². The van der Waals surface area contributed by atoms with Gasteiger partial charge in [0, 0.05) is 23.4 Å². The highest BCUT2D eigenvalue weighted by Gasteiger charge is 2.17. The van der Waals surface area contributed by atoms with Crippen LogP contribution in [0.3, 0.4) is 0 Å². The molecule has 7 heteroatoms. The van der Waals surface area contributed by atoms with E-state index in [2.05, 4.69) is 42.1 Å². The number of ether oxygens (including phenoxy) is 2. The number of terminal acetylenes is 1. The van der Waals surface area contributed by atoms with Gasteiger partial charge >= 0.3 is 0 Å². The zero-order valence-electron chi connectivity index (χ0n) is 16.0. The summed E-state index contributed by atoms with van der Waals surface area (Å²) in [6, 6.07) is 12.2. The molecule has 1 aliphatic rings. The summed E-state index contributed by atoms with van der Waals surface area (Å²) in [6.07, 6.45) is 6.72. The average molecular weight is 425 g/mol. The van der Waals surface area contributed by atoms with Gasteiger partial charge in [-0.15, -0.1) is 18.2 Å². The molecule has 0 N–H and O–H groups in total. The molecular formula is C22H20N2O3S2. The van der Waals surface area contributed by atoms with Crippen molar-refractivity contribution in [3.8, 4) is 23.8 Å². The summed E-state index contributed by atoms with van der Waals surface area (Å²) >= 11 is 3.19. The van der Waals surface area contributed by atoms with Crippen molar-refractivity contribution >= 4 is 39.2 Å². The van der Waals surface area contributed by atoms with Gasteiger partial charge in [0.2, 0.25) is 12.7 Å². The first kappa shape index (κ1) is 19.6. The first-order valence-corrected chi connectivity index (χ1v) is 11.1. The summed E-state index contributed by atoms with van der Waals surface area (Å²) in [4.78, 5) is 18.6. The zero-order chi connectivity index (χ0) is 20.2. The maximum Gasteiger partial charge on any atom is 0.248 e. The van der Waals surface area contributed by atoms with Crippen molar-refractivity contribution in [3.05, 3.63) is 46.8 Å². The molecule has 0 aliphatic carbocycles. The van der Waals surface area contributed by atoms with E-state index in [0.717, 1.165) is 22.4 Å². The minimum Gasteiger partial charge on any atom is -0.454 e. The number of carbonyl (C=O) groups excluding carboxylic acids is 1. The van der Waals surface area contributed by atoms with Crippen molar-refractivity contribution in [2.75, 3.05) is 12.5 Å². The number of aromatic nitrogens is 1. The van der Waals surface area contributed by atoms with E-state index in [9.17, 15) is 4.79 Å². The van der Waals surface area contributed by atoms with Crippen LogP contribution in [0, 0.1) is 19.3 Å². The summed E-state index contributed by atoms with van der Waals surface area (Å²) < 4.78 is 13.7. The summed E-state index contributed by atoms with van der Waals surface area (Å²) in [5, 5.41) is 0. The lowest BCUT2D eigenvalue weighted by Gasteiger charge is -2.02. The fraction of sp³-hybridized carbons (Fsp3) is 0.273. The van der Waals surface area contributed by atoms with E-state index in [0.29, 0.717) is 29.3 Å². The molecule has 2 heterocycles. The van der Waals surface area contributed by atoms with Crippen molar-refractivity contribution in [1.29, 1.82) is 0 Å². The molecule has 4 rings (SSSR count). The molecule has 5 nitrogen and oxygen atoms in total. The van der Waals surface area contributed by atoms with Gasteiger partial charge in [-0.05, 0) is 31.2 Å². The van der Waals surface area contributed by atoms with Crippen LogP contribution in [0.1, 0.15) is 18.4 Å². The van der Waals surface area contributed by atoms with E-state index in [1.165, 1.54) is 21.8 Å². The molecular weight excluding hydrogens is 404 g/mol. The molecule has 1 aliphatic heterocycles. The fourth-order valence-corrected chi connectivity index (χ4v) is 4.91. The lowest BCUT2D eigenvalue weighted by Crippen LogP contribution is -2.16. The van der Waals surface area contributed by atoms with Crippen LogP contribution in [-0.4, -0.2) is 23.0 Å². The number of amides is 1. The average Bonchev–Trinajstić information content (AvgIpc) is 3.29. The lowest BCUT2D eigenvalue weighted by molar-refractivity contribution is -0.118. The number of hydrogen-bond donors (Lipinski definition) is 0. The molecule has 1 amide bonds. The van der Waals surface area contributed by atoms with Crippen LogP contribution < -0.4 is 14.3 Å². The fourth-order valence-electron chi connectivity index (χ4n) is 3.00. The Kier molecular flexibility index (Phi) is 5.93. The standard InChI is InChI=1S/C22H20N2O3S2/c1-3-10-24-17-12-18-19(27-14-26-18)13-20(17)29-22(24)23-21(25)5-4-11-28-16-8-6-15(2)7-9-16/h1,6-9,12-13H,4-5,10-11,14H2,2H3. The Balaban J connectivity index is 1.46. The Morgan fingerprint density at radius 2 is 2.03 bits per heavy atom. The Morgan fingerprint density at radius 1 is 1.28 bits per heavy atom. The maximum atomic E-state index is 12.4. The molecule has 0 fully saturated rings. The molecule has 0 saturated carbocycles. The van der Waals surface area contributed by atoms with Gasteiger partial charge in [-0.25, -0.2) is 0 Å². The van der Waals surface area contributed by atoms with Crippen LogP contribution >= 0.6 is 23.1 Å². The summed E-state index contributed by atoms with van der Waals surface area (Å²) in [5.74, 6) is 4.78. The Hall–Kier alpha value is -2.69. The molecule has 3 aromatic rings. The number of fused-ring (bicyclic) bond motifs is 2. The van der Waals surface area contributed by atoms with Gasteiger partial charge in [-0.2, -0.15) is 4.99 Å². The molecule has 148 valence electrons. The van der Waals surface area contributed by atoms with E-state index >= 15 is 0 Å². The molecule has 0 bridgehead atoms. The zero-order valence-corrected chi connectivity index (χ0v) is 17.6. The summed E-state index contributed by atoms with van der Waals surface area (Å²) in [5.41, 5.74) is 2.15. The van der Waals surface area contributed by atoms with Crippen LogP contribution in [0.15, 0.2) is 46.3 Å². The third-order valence-corrected chi connectivity index (χ3v) is 6.61. The SMILES string of the molecule is C#CCn1c(=NC(=O)CCCSc2ccc(C)cc2)sc2cc3c(cc21)OCO3. The van der Waals surface area contributed by atoms with E-state index in [-0.39, 0.29) is 12.7 Å². The molecule has 0 spiro atoms. The number of hydrogen-bond acceptors (Lipinski definition) is 5. The molecule has 0 radical (unpaired) electrons. The van der Waals surface area contributed by atoms with E-state index in [1.54, 1.807) is 11.8 Å². The van der Waals surface area contributed by atoms with Gasteiger partial charge in [0.25, 0.3) is 0 Å². The smallest absolute Gasteiger partial charge is 0.248 e. The van der Waals surface area contributed by atoms with E-state index in [4.69, 9.17) is 15.9 Å². The predicted molar refractivity (Wildman–Crippen MR) is 116 cm³/mol. The number of benzene rings is 2. The number of thioether (sulfide) groups is 1. The van der Waals surface area contributed by atoms with Crippen molar-refractivity contribution in [3.63, 3.8) is 0 Å². The van der Waals surface area contributed by atoms with Crippen molar-refractivity contribution < 1.29 is 14.3 Å². The molecule has 29 heavy (non-hydrogen) atoms. The van der Waals surface area contributed by atoms with Crippen molar-refractivity contribution in [2.45, 2.75) is 31.2 Å². The van der Waals surface area contributed by atoms with Gasteiger partial charge in [0.1, 0.15) is 0 Å². The van der Waals surface area contributed by atoms with Crippen LogP contribution in [0.25, 0.3) is 10.2 Å². The summed E-state index contributed by atoms with van der Waals surface area (Å²) in [7, 11) is 0. The van der Waals surface area contributed by atoms with Gasteiger partial charge in [-0.3, -0.25) is 4.79 Å². The first-order chi connectivity index (χ1) is 14.1. The quantitative estimate of drug-likeness (QED) is 0.335. The third kappa shape index (κ3) is 4.50. The third-order valence-electron chi connectivity index (χ3n) is 4.47. The highest BCUT2D eigenvalue weighted by Crippen LogP contribution is 2.36. The lowest BCUT2D eigenvalue weighted by atomic mass is 10.2. The topological polar surface area (TPSA) is 52.8 Å². The first-order valence-electron chi connectivity index (χ1n) is 9.27. The minimum absolute atomic E-state index is 0.133. The Labute approximate surface area is 177 Å². The van der Waals surface area contributed by atoms with Gasteiger partial charge in [0.05, 0.1) is 16.8 Å². The Morgan fingerprint density at radius 3 is 2.79 bits per heavy atom. The number of nitrogens with zero attached hydrogens (tertiary/aromatic N) is 2.